The van der Waals surface area contributed by atoms with Crippen molar-refractivity contribution in [1.29, 1.82) is 0 Å². The standard InChI is InChI=1S/C17H16FNO2/c18-15-6-1-14(2-7-15)11-12-19-17(21)10-5-13-3-8-16(20)9-4-13/h1-10,20H,11-12H2,(H,19,21)/b10-5+. The fourth-order valence-electron chi connectivity index (χ4n) is 1.80. The van der Waals surface area contributed by atoms with Gasteiger partial charge >= 0.3 is 0 Å². The number of hydrogen-bond acceptors (Lipinski definition) is 2. The van der Waals surface area contributed by atoms with Crippen LogP contribution in [0.4, 0.5) is 4.39 Å². The van der Waals surface area contributed by atoms with Crippen LogP contribution in [0.2, 0.25) is 0 Å². The molecule has 4 heteroatoms. The predicted octanol–water partition coefficient (Wildman–Crippen LogP) is 2.90. The molecule has 2 rings (SSSR count). The van der Waals surface area contributed by atoms with Crippen molar-refractivity contribution < 1.29 is 14.3 Å². The highest BCUT2D eigenvalue weighted by Gasteiger charge is 1.97. The van der Waals surface area contributed by atoms with Crippen LogP contribution < -0.4 is 5.32 Å². The SMILES string of the molecule is O=C(/C=C/c1ccc(O)cc1)NCCc1ccc(F)cc1. The number of amides is 1. The molecule has 108 valence electrons. The first-order chi connectivity index (χ1) is 10.1. The average molecular weight is 285 g/mol. The molecule has 3 nitrogen and oxygen atoms in total. The van der Waals surface area contributed by atoms with Crippen molar-refractivity contribution in [3.8, 4) is 5.75 Å². The summed E-state index contributed by atoms with van der Waals surface area (Å²) in [5.74, 6) is -0.263. The molecule has 0 atom stereocenters. The Kier molecular flexibility index (Phi) is 5.10. The highest BCUT2D eigenvalue weighted by molar-refractivity contribution is 5.91. The molecular weight excluding hydrogens is 269 g/mol. The van der Waals surface area contributed by atoms with Gasteiger partial charge in [-0.2, -0.15) is 0 Å². The lowest BCUT2D eigenvalue weighted by Crippen LogP contribution is -2.23. The normalized spacial score (nSPS) is 10.7. The van der Waals surface area contributed by atoms with E-state index in [0.29, 0.717) is 13.0 Å². The molecule has 21 heavy (non-hydrogen) atoms. The number of carbonyl (C=O) groups excluding carboxylic acids is 1. The van der Waals surface area contributed by atoms with Crippen LogP contribution in [0.1, 0.15) is 11.1 Å². The first kappa shape index (κ1) is 14.8. The molecule has 0 unspecified atom stereocenters. The number of benzene rings is 2. The van der Waals surface area contributed by atoms with Crippen LogP contribution in [-0.4, -0.2) is 17.6 Å². The van der Waals surface area contributed by atoms with E-state index in [-0.39, 0.29) is 17.5 Å². The molecule has 2 aromatic carbocycles. The maximum Gasteiger partial charge on any atom is 0.244 e. The summed E-state index contributed by atoms with van der Waals surface area (Å²) in [6.07, 6.45) is 3.77. The third kappa shape index (κ3) is 5.10. The zero-order valence-electron chi connectivity index (χ0n) is 11.4. The second-order valence-corrected chi connectivity index (χ2v) is 4.59. The lowest BCUT2D eigenvalue weighted by molar-refractivity contribution is -0.116. The van der Waals surface area contributed by atoms with Gasteiger partial charge in [-0.1, -0.05) is 24.3 Å². The molecule has 0 heterocycles. The van der Waals surface area contributed by atoms with Crippen molar-refractivity contribution in [1.82, 2.24) is 5.32 Å². The number of aromatic hydroxyl groups is 1. The van der Waals surface area contributed by atoms with Gasteiger partial charge in [0.1, 0.15) is 11.6 Å². The monoisotopic (exact) mass is 285 g/mol. The summed E-state index contributed by atoms with van der Waals surface area (Å²) in [5.41, 5.74) is 1.81. The van der Waals surface area contributed by atoms with E-state index >= 15 is 0 Å². The summed E-state index contributed by atoms with van der Waals surface area (Å²) in [7, 11) is 0. The van der Waals surface area contributed by atoms with Gasteiger partial charge in [0.2, 0.25) is 5.91 Å². The molecule has 1 amide bonds. The Morgan fingerprint density at radius 2 is 1.76 bits per heavy atom. The number of halogens is 1. The molecule has 0 aliphatic rings. The molecule has 0 bridgehead atoms. The van der Waals surface area contributed by atoms with Gasteiger partial charge < -0.3 is 10.4 Å². The fourth-order valence-corrected chi connectivity index (χ4v) is 1.80. The van der Waals surface area contributed by atoms with Crippen LogP contribution in [0.3, 0.4) is 0 Å². The van der Waals surface area contributed by atoms with E-state index in [0.717, 1.165) is 11.1 Å². The van der Waals surface area contributed by atoms with Crippen LogP contribution >= 0.6 is 0 Å². The summed E-state index contributed by atoms with van der Waals surface area (Å²) >= 11 is 0. The first-order valence-electron chi connectivity index (χ1n) is 6.63. The quantitative estimate of drug-likeness (QED) is 0.830. The van der Waals surface area contributed by atoms with E-state index in [1.165, 1.54) is 18.2 Å². The minimum atomic E-state index is -0.264. The fraction of sp³-hybridized carbons (Fsp3) is 0.118. The number of rotatable bonds is 5. The van der Waals surface area contributed by atoms with Crippen LogP contribution in [0.15, 0.2) is 54.6 Å². The second-order valence-electron chi connectivity index (χ2n) is 4.59. The van der Waals surface area contributed by atoms with Gasteiger partial charge in [0, 0.05) is 12.6 Å². The summed E-state index contributed by atoms with van der Waals surface area (Å²) in [5, 5.41) is 11.9. The lowest BCUT2D eigenvalue weighted by Gasteiger charge is -2.02. The van der Waals surface area contributed by atoms with Crippen LogP contribution in [0.25, 0.3) is 6.08 Å². The molecule has 0 aromatic heterocycles. The van der Waals surface area contributed by atoms with E-state index in [4.69, 9.17) is 5.11 Å². The van der Waals surface area contributed by atoms with E-state index in [2.05, 4.69) is 5.32 Å². The van der Waals surface area contributed by atoms with Crippen molar-refractivity contribution in [2.24, 2.45) is 0 Å². The van der Waals surface area contributed by atoms with Crippen molar-refractivity contribution in [2.75, 3.05) is 6.54 Å². The van der Waals surface area contributed by atoms with Crippen LogP contribution in [0.5, 0.6) is 5.75 Å². The molecule has 2 aromatic rings. The van der Waals surface area contributed by atoms with E-state index in [1.54, 1.807) is 42.5 Å². The first-order valence-corrected chi connectivity index (χ1v) is 6.63. The van der Waals surface area contributed by atoms with E-state index in [9.17, 15) is 9.18 Å². The van der Waals surface area contributed by atoms with Gasteiger partial charge in [-0.3, -0.25) is 4.79 Å². The zero-order valence-corrected chi connectivity index (χ0v) is 11.4. The Hall–Kier alpha value is -2.62. The number of nitrogens with one attached hydrogen (secondary N) is 1. The predicted molar refractivity (Wildman–Crippen MR) is 80.3 cm³/mol. The summed E-state index contributed by atoms with van der Waals surface area (Å²) in [6, 6.07) is 12.8. The van der Waals surface area contributed by atoms with Gasteiger partial charge in [0.25, 0.3) is 0 Å². The summed E-state index contributed by atoms with van der Waals surface area (Å²) in [4.78, 5) is 11.6. The number of phenolic OH excluding ortho intramolecular Hbond substituents is 1. The Bertz CT molecular complexity index is 618. The molecule has 0 spiro atoms. The Balaban J connectivity index is 1.77. The van der Waals surface area contributed by atoms with Crippen molar-refractivity contribution in [3.63, 3.8) is 0 Å². The molecule has 2 N–H and O–H groups in total. The Labute approximate surface area is 122 Å². The second kappa shape index (κ2) is 7.24. The van der Waals surface area contributed by atoms with Gasteiger partial charge in [0.15, 0.2) is 0 Å². The number of phenols is 1. The maximum absolute atomic E-state index is 12.7. The van der Waals surface area contributed by atoms with E-state index < -0.39 is 0 Å². The Morgan fingerprint density at radius 1 is 1.10 bits per heavy atom. The highest BCUT2D eigenvalue weighted by Crippen LogP contribution is 2.10. The summed E-state index contributed by atoms with van der Waals surface area (Å²) in [6.45, 7) is 0.490. The molecular formula is C17H16FNO2. The Morgan fingerprint density at radius 3 is 2.43 bits per heavy atom. The van der Waals surface area contributed by atoms with Crippen molar-refractivity contribution in [3.05, 3.63) is 71.6 Å². The van der Waals surface area contributed by atoms with Gasteiger partial charge in [0.05, 0.1) is 0 Å². The van der Waals surface area contributed by atoms with Gasteiger partial charge in [-0.15, -0.1) is 0 Å². The molecule has 0 saturated carbocycles. The largest absolute Gasteiger partial charge is 0.508 e. The summed E-state index contributed by atoms with van der Waals surface area (Å²) < 4.78 is 12.7. The topological polar surface area (TPSA) is 49.3 Å². The van der Waals surface area contributed by atoms with E-state index in [1.807, 2.05) is 0 Å². The van der Waals surface area contributed by atoms with Gasteiger partial charge in [-0.25, -0.2) is 4.39 Å². The third-order valence-electron chi connectivity index (χ3n) is 2.95. The third-order valence-corrected chi connectivity index (χ3v) is 2.95. The average Bonchev–Trinajstić information content (AvgIpc) is 2.49. The highest BCUT2D eigenvalue weighted by atomic mass is 19.1. The number of hydrogen-bond donors (Lipinski definition) is 2. The maximum atomic E-state index is 12.7. The van der Waals surface area contributed by atoms with Crippen LogP contribution in [-0.2, 0) is 11.2 Å². The minimum Gasteiger partial charge on any atom is -0.508 e. The smallest absolute Gasteiger partial charge is 0.244 e. The van der Waals surface area contributed by atoms with Gasteiger partial charge in [-0.05, 0) is 47.9 Å². The molecule has 0 radical (unpaired) electrons. The molecule has 0 aliphatic heterocycles. The van der Waals surface area contributed by atoms with Crippen molar-refractivity contribution >= 4 is 12.0 Å². The molecule has 0 aliphatic carbocycles. The van der Waals surface area contributed by atoms with Crippen molar-refractivity contribution in [2.45, 2.75) is 6.42 Å². The lowest BCUT2D eigenvalue weighted by atomic mass is 10.1. The zero-order chi connectivity index (χ0) is 15.1. The molecule has 0 fully saturated rings. The van der Waals surface area contributed by atoms with Crippen LogP contribution in [0, 0.1) is 5.82 Å². The molecule has 0 saturated heterocycles. The number of carbonyl (C=O) groups is 1. The minimum absolute atomic E-state index is 0.190.